The topological polar surface area (TPSA) is 55.4 Å². The summed E-state index contributed by atoms with van der Waals surface area (Å²) in [5.74, 6) is -0.110. The molecule has 1 aliphatic heterocycles. The average molecular weight is 223 g/mol. The maximum absolute atomic E-state index is 10.7. The van der Waals surface area contributed by atoms with Crippen LogP contribution in [0, 0.1) is 0 Å². The average Bonchev–Trinajstić information content (AvgIpc) is 1.85. The van der Waals surface area contributed by atoms with Gasteiger partial charge in [0.25, 0.3) is 0 Å². The van der Waals surface area contributed by atoms with E-state index < -0.39 is 0 Å². The molecule has 0 radical (unpaired) electrons. The number of alkyl halides is 1. The fourth-order valence-electron chi connectivity index (χ4n) is 0.688. The summed E-state index contributed by atoms with van der Waals surface area (Å²) in [4.78, 5) is 14.3. The first-order valence-electron chi connectivity index (χ1n) is 2.82. The molecule has 1 rings (SSSR count). The number of nitrogens with zero attached hydrogens (tertiary/aromatic N) is 1. The van der Waals surface area contributed by atoms with Gasteiger partial charge in [-0.25, -0.2) is 0 Å². The van der Waals surface area contributed by atoms with Crippen molar-refractivity contribution in [1.82, 2.24) is 0 Å². The van der Waals surface area contributed by atoms with Gasteiger partial charge in [0.15, 0.2) is 5.17 Å². The van der Waals surface area contributed by atoms with Gasteiger partial charge in [-0.05, 0) is 0 Å². The van der Waals surface area contributed by atoms with Gasteiger partial charge in [-0.1, -0.05) is 27.7 Å². The SMILES string of the molecule is NC1=NC(=O)CC(CBr)S1. The van der Waals surface area contributed by atoms with Crippen LogP contribution < -0.4 is 5.73 Å². The van der Waals surface area contributed by atoms with Crippen molar-refractivity contribution in [1.29, 1.82) is 0 Å². The number of halogens is 1. The van der Waals surface area contributed by atoms with E-state index in [9.17, 15) is 4.79 Å². The maximum atomic E-state index is 10.7. The number of rotatable bonds is 1. The zero-order valence-electron chi connectivity index (χ0n) is 5.21. The minimum absolute atomic E-state index is 0.110. The van der Waals surface area contributed by atoms with Crippen LogP contribution >= 0.6 is 27.7 Å². The highest BCUT2D eigenvalue weighted by Crippen LogP contribution is 2.21. The van der Waals surface area contributed by atoms with Gasteiger partial charge < -0.3 is 5.73 Å². The van der Waals surface area contributed by atoms with E-state index in [2.05, 4.69) is 20.9 Å². The quantitative estimate of drug-likeness (QED) is 0.666. The van der Waals surface area contributed by atoms with Crippen LogP contribution in [-0.2, 0) is 4.79 Å². The Kier molecular flexibility index (Phi) is 2.73. The highest BCUT2D eigenvalue weighted by molar-refractivity contribution is 9.09. The standard InChI is InChI=1S/C5H7BrN2OS/c6-2-3-1-4(9)8-5(7)10-3/h3H,1-2H2,(H2,7,8,9). The molecule has 0 saturated heterocycles. The molecule has 0 fully saturated rings. The van der Waals surface area contributed by atoms with E-state index in [4.69, 9.17) is 5.73 Å². The molecule has 56 valence electrons. The Bertz CT molecular complexity index is 182. The molecule has 0 aromatic heterocycles. The summed E-state index contributed by atoms with van der Waals surface area (Å²) in [5.41, 5.74) is 5.36. The number of carbonyl (C=O) groups excluding carboxylic acids is 1. The number of hydrogen-bond acceptors (Lipinski definition) is 3. The van der Waals surface area contributed by atoms with E-state index >= 15 is 0 Å². The second kappa shape index (κ2) is 3.39. The van der Waals surface area contributed by atoms with Crippen LogP contribution in [0.25, 0.3) is 0 Å². The fraction of sp³-hybridized carbons (Fsp3) is 0.600. The van der Waals surface area contributed by atoms with Gasteiger partial charge >= 0.3 is 0 Å². The molecular weight excluding hydrogens is 216 g/mol. The number of thioether (sulfide) groups is 1. The van der Waals surface area contributed by atoms with Crippen LogP contribution in [0.5, 0.6) is 0 Å². The molecule has 0 bridgehead atoms. The van der Waals surface area contributed by atoms with E-state index in [1.807, 2.05) is 0 Å². The predicted octanol–water partition coefficient (Wildman–Crippen LogP) is 0.728. The molecule has 0 aromatic carbocycles. The molecule has 1 atom stereocenters. The second-order valence-corrected chi connectivity index (χ2v) is 3.91. The zero-order valence-corrected chi connectivity index (χ0v) is 7.61. The molecule has 1 heterocycles. The van der Waals surface area contributed by atoms with E-state index in [0.717, 1.165) is 5.33 Å². The van der Waals surface area contributed by atoms with Crippen molar-refractivity contribution in [3.05, 3.63) is 0 Å². The van der Waals surface area contributed by atoms with Crippen LogP contribution in [-0.4, -0.2) is 21.7 Å². The Morgan fingerprint density at radius 3 is 3.10 bits per heavy atom. The van der Waals surface area contributed by atoms with E-state index in [0.29, 0.717) is 11.6 Å². The summed E-state index contributed by atoms with van der Waals surface area (Å²) in [7, 11) is 0. The smallest absolute Gasteiger partial charge is 0.249 e. The van der Waals surface area contributed by atoms with Gasteiger partial charge in [-0.2, -0.15) is 4.99 Å². The lowest BCUT2D eigenvalue weighted by molar-refractivity contribution is -0.117. The third-order valence-corrected chi connectivity index (χ3v) is 3.31. The molecule has 3 nitrogen and oxygen atoms in total. The Balaban J connectivity index is 2.60. The van der Waals surface area contributed by atoms with Gasteiger partial charge in [-0.3, -0.25) is 4.79 Å². The normalized spacial score (nSPS) is 26.3. The molecule has 1 unspecified atom stereocenters. The minimum atomic E-state index is -0.110. The van der Waals surface area contributed by atoms with Crippen molar-refractivity contribution in [2.24, 2.45) is 10.7 Å². The van der Waals surface area contributed by atoms with Crippen molar-refractivity contribution < 1.29 is 4.79 Å². The first-order chi connectivity index (χ1) is 4.72. The van der Waals surface area contributed by atoms with E-state index in [-0.39, 0.29) is 11.2 Å². The Hall–Kier alpha value is -0.0300. The summed E-state index contributed by atoms with van der Waals surface area (Å²) < 4.78 is 0. The number of amidine groups is 1. The zero-order chi connectivity index (χ0) is 7.56. The maximum Gasteiger partial charge on any atom is 0.249 e. The number of aliphatic imine (C=N–C) groups is 1. The molecule has 0 aliphatic carbocycles. The van der Waals surface area contributed by atoms with Crippen LogP contribution in [0.2, 0.25) is 0 Å². The summed E-state index contributed by atoms with van der Waals surface area (Å²) in [5, 5.41) is 1.45. The van der Waals surface area contributed by atoms with Gasteiger partial charge in [0, 0.05) is 17.0 Å². The number of nitrogens with two attached hydrogens (primary N) is 1. The van der Waals surface area contributed by atoms with E-state index in [1.54, 1.807) is 0 Å². The third-order valence-electron chi connectivity index (χ3n) is 1.10. The van der Waals surface area contributed by atoms with Crippen molar-refractivity contribution in [3.63, 3.8) is 0 Å². The second-order valence-electron chi connectivity index (χ2n) is 1.94. The van der Waals surface area contributed by atoms with Crippen molar-refractivity contribution in [2.75, 3.05) is 5.33 Å². The van der Waals surface area contributed by atoms with Gasteiger partial charge in [0.2, 0.25) is 5.91 Å². The lowest BCUT2D eigenvalue weighted by Gasteiger charge is -2.14. The Labute approximate surface area is 71.6 Å². The highest BCUT2D eigenvalue weighted by atomic mass is 79.9. The largest absolute Gasteiger partial charge is 0.378 e. The summed E-state index contributed by atoms with van der Waals surface area (Å²) >= 11 is 4.73. The summed E-state index contributed by atoms with van der Waals surface area (Å²) in [6, 6.07) is 0. The van der Waals surface area contributed by atoms with Crippen molar-refractivity contribution in [3.8, 4) is 0 Å². The van der Waals surface area contributed by atoms with E-state index in [1.165, 1.54) is 11.8 Å². The lowest BCUT2D eigenvalue weighted by Crippen LogP contribution is -2.24. The molecule has 5 heteroatoms. The molecule has 0 aromatic rings. The summed E-state index contributed by atoms with van der Waals surface area (Å²) in [6.45, 7) is 0. The number of carbonyl (C=O) groups is 1. The van der Waals surface area contributed by atoms with Gasteiger partial charge in [0.05, 0.1) is 0 Å². The van der Waals surface area contributed by atoms with Crippen LogP contribution in [0.3, 0.4) is 0 Å². The monoisotopic (exact) mass is 222 g/mol. The molecule has 2 N–H and O–H groups in total. The van der Waals surface area contributed by atoms with Gasteiger partial charge in [-0.15, -0.1) is 0 Å². The fourth-order valence-corrected chi connectivity index (χ4v) is 2.10. The molecule has 1 amide bonds. The Morgan fingerprint density at radius 2 is 2.60 bits per heavy atom. The first-order valence-corrected chi connectivity index (χ1v) is 4.82. The summed E-state index contributed by atoms with van der Waals surface area (Å²) in [6.07, 6.45) is 0.497. The molecule has 0 spiro atoms. The molecule has 1 aliphatic rings. The van der Waals surface area contributed by atoms with Crippen LogP contribution in [0.15, 0.2) is 4.99 Å². The van der Waals surface area contributed by atoms with Crippen LogP contribution in [0.1, 0.15) is 6.42 Å². The predicted molar refractivity (Wildman–Crippen MR) is 46.4 cm³/mol. The lowest BCUT2D eigenvalue weighted by atomic mass is 10.3. The first kappa shape index (κ1) is 8.07. The molecular formula is C5H7BrN2OS. The van der Waals surface area contributed by atoms with Crippen LogP contribution in [0.4, 0.5) is 0 Å². The molecule has 0 saturated carbocycles. The third kappa shape index (κ3) is 1.98. The highest BCUT2D eigenvalue weighted by Gasteiger charge is 2.19. The van der Waals surface area contributed by atoms with Crippen molar-refractivity contribution >= 4 is 38.8 Å². The minimum Gasteiger partial charge on any atom is -0.378 e. The van der Waals surface area contributed by atoms with Crippen molar-refractivity contribution in [2.45, 2.75) is 11.7 Å². The van der Waals surface area contributed by atoms with Gasteiger partial charge in [0.1, 0.15) is 0 Å². The number of hydrogen-bond donors (Lipinski definition) is 1. The number of amides is 1. The Morgan fingerprint density at radius 1 is 1.90 bits per heavy atom. The molecule has 10 heavy (non-hydrogen) atoms.